The molecule has 0 bridgehead atoms. The summed E-state index contributed by atoms with van der Waals surface area (Å²) in [6.07, 6.45) is 5.44. The van der Waals surface area contributed by atoms with Crippen molar-refractivity contribution < 1.29 is 14.3 Å². The maximum absolute atomic E-state index is 12.5. The quantitative estimate of drug-likeness (QED) is 0.873. The summed E-state index contributed by atoms with van der Waals surface area (Å²) in [5.41, 5.74) is 4.05. The van der Waals surface area contributed by atoms with Gasteiger partial charge in [-0.05, 0) is 43.4 Å². The van der Waals surface area contributed by atoms with Gasteiger partial charge in [0, 0.05) is 32.1 Å². The minimum absolute atomic E-state index is 0.0157. The Balaban J connectivity index is 1.43. The fourth-order valence-corrected chi connectivity index (χ4v) is 3.67. The van der Waals surface area contributed by atoms with Gasteiger partial charge in [0.2, 0.25) is 11.8 Å². The van der Waals surface area contributed by atoms with E-state index in [1.807, 2.05) is 34.2 Å². The SMILES string of the molecule is COc1ccc(CC(=O)N2CCC(C(=O)NN3CCCCC3)CC2)cc1. The lowest BCUT2D eigenvalue weighted by Crippen LogP contribution is -2.50. The topological polar surface area (TPSA) is 61.9 Å². The molecule has 6 heteroatoms. The van der Waals surface area contributed by atoms with E-state index in [2.05, 4.69) is 5.43 Å². The number of carbonyl (C=O) groups is 2. The summed E-state index contributed by atoms with van der Waals surface area (Å²) >= 11 is 0. The monoisotopic (exact) mass is 359 g/mol. The first-order valence-corrected chi connectivity index (χ1v) is 9.62. The van der Waals surface area contributed by atoms with Gasteiger partial charge in [-0.3, -0.25) is 15.0 Å². The predicted molar refractivity (Wildman–Crippen MR) is 99.6 cm³/mol. The molecule has 0 unspecified atom stereocenters. The van der Waals surface area contributed by atoms with Crippen molar-refractivity contribution >= 4 is 11.8 Å². The number of nitrogens with zero attached hydrogens (tertiary/aromatic N) is 2. The highest BCUT2D eigenvalue weighted by molar-refractivity contribution is 5.80. The highest BCUT2D eigenvalue weighted by Crippen LogP contribution is 2.19. The Morgan fingerprint density at radius 2 is 1.69 bits per heavy atom. The van der Waals surface area contributed by atoms with Crippen molar-refractivity contribution in [3.8, 4) is 5.75 Å². The van der Waals surface area contributed by atoms with Gasteiger partial charge in [0.05, 0.1) is 13.5 Å². The number of methoxy groups -OCH3 is 1. The van der Waals surface area contributed by atoms with Crippen LogP contribution in [-0.4, -0.2) is 55.0 Å². The molecule has 3 rings (SSSR count). The fraction of sp³-hybridized carbons (Fsp3) is 0.600. The van der Waals surface area contributed by atoms with Crippen LogP contribution in [0.4, 0.5) is 0 Å². The van der Waals surface area contributed by atoms with Crippen LogP contribution in [0.2, 0.25) is 0 Å². The van der Waals surface area contributed by atoms with E-state index in [-0.39, 0.29) is 17.7 Å². The van der Waals surface area contributed by atoms with E-state index in [0.717, 1.165) is 50.1 Å². The first-order chi connectivity index (χ1) is 12.7. The molecule has 2 saturated heterocycles. The third kappa shape index (κ3) is 4.97. The summed E-state index contributed by atoms with van der Waals surface area (Å²) in [5, 5.41) is 2.05. The van der Waals surface area contributed by atoms with E-state index >= 15 is 0 Å². The number of carbonyl (C=O) groups excluding carboxylic acids is 2. The van der Waals surface area contributed by atoms with Gasteiger partial charge in [0.15, 0.2) is 0 Å². The Bertz CT molecular complexity index is 603. The second kappa shape index (κ2) is 9.03. The number of piperidine rings is 2. The molecule has 1 N–H and O–H groups in total. The highest BCUT2D eigenvalue weighted by atomic mass is 16.5. The van der Waals surface area contributed by atoms with Crippen LogP contribution in [0.25, 0.3) is 0 Å². The lowest BCUT2D eigenvalue weighted by Gasteiger charge is -2.33. The molecule has 2 heterocycles. The normalized spacial score (nSPS) is 19.2. The first-order valence-electron chi connectivity index (χ1n) is 9.62. The molecule has 1 aromatic carbocycles. The fourth-order valence-electron chi connectivity index (χ4n) is 3.67. The van der Waals surface area contributed by atoms with Crippen molar-refractivity contribution in [3.05, 3.63) is 29.8 Å². The van der Waals surface area contributed by atoms with Gasteiger partial charge in [-0.15, -0.1) is 0 Å². The average molecular weight is 359 g/mol. The van der Waals surface area contributed by atoms with Crippen LogP contribution in [0.5, 0.6) is 5.75 Å². The maximum atomic E-state index is 12.5. The Hall–Kier alpha value is -2.08. The molecule has 2 aliphatic rings. The molecule has 1 aromatic rings. The molecular formula is C20H29N3O3. The van der Waals surface area contributed by atoms with E-state index in [0.29, 0.717) is 19.5 Å². The van der Waals surface area contributed by atoms with Crippen LogP contribution in [0, 0.1) is 5.92 Å². The Kier molecular flexibility index (Phi) is 6.50. The zero-order valence-electron chi connectivity index (χ0n) is 15.6. The molecule has 2 fully saturated rings. The number of ether oxygens (including phenoxy) is 1. The molecule has 0 radical (unpaired) electrons. The molecule has 0 atom stereocenters. The lowest BCUT2D eigenvalue weighted by molar-refractivity contribution is -0.137. The first kappa shape index (κ1) is 18.7. The van der Waals surface area contributed by atoms with Gasteiger partial charge in [0.25, 0.3) is 0 Å². The van der Waals surface area contributed by atoms with E-state index in [4.69, 9.17) is 4.74 Å². The predicted octanol–water partition coefficient (Wildman–Crippen LogP) is 1.99. The number of nitrogens with one attached hydrogen (secondary N) is 1. The molecule has 26 heavy (non-hydrogen) atoms. The lowest BCUT2D eigenvalue weighted by atomic mass is 9.95. The molecule has 142 valence electrons. The minimum Gasteiger partial charge on any atom is -0.497 e. The molecule has 0 saturated carbocycles. The summed E-state index contributed by atoms with van der Waals surface area (Å²) in [7, 11) is 1.63. The zero-order valence-corrected chi connectivity index (χ0v) is 15.6. The van der Waals surface area contributed by atoms with Crippen molar-refractivity contribution in [3.63, 3.8) is 0 Å². The summed E-state index contributed by atoms with van der Waals surface area (Å²) in [5.74, 6) is 1.06. The molecule has 0 aliphatic carbocycles. The second-order valence-electron chi connectivity index (χ2n) is 7.20. The van der Waals surface area contributed by atoms with Gasteiger partial charge in [-0.25, -0.2) is 5.01 Å². The molecule has 6 nitrogen and oxygen atoms in total. The third-order valence-electron chi connectivity index (χ3n) is 5.36. The van der Waals surface area contributed by atoms with Crippen LogP contribution in [0.3, 0.4) is 0 Å². The summed E-state index contributed by atoms with van der Waals surface area (Å²) in [4.78, 5) is 26.8. The molecule has 2 aliphatic heterocycles. The molecular weight excluding hydrogens is 330 g/mol. The van der Waals surface area contributed by atoms with Gasteiger partial charge >= 0.3 is 0 Å². The van der Waals surface area contributed by atoms with Crippen molar-refractivity contribution in [2.45, 2.75) is 38.5 Å². The maximum Gasteiger partial charge on any atom is 0.237 e. The Morgan fingerprint density at radius 3 is 2.31 bits per heavy atom. The van der Waals surface area contributed by atoms with Crippen molar-refractivity contribution in [1.29, 1.82) is 0 Å². The largest absolute Gasteiger partial charge is 0.497 e. The Labute approximate surface area is 155 Å². The number of benzene rings is 1. The smallest absolute Gasteiger partial charge is 0.237 e. The second-order valence-corrected chi connectivity index (χ2v) is 7.20. The van der Waals surface area contributed by atoms with Gasteiger partial charge in [0.1, 0.15) is 5.75 Å². The van der Waals surface area contributed by atoms with Crippen molar-refractivity contribution in [1.82, 2.24) is 15.3 Å². The van der Waals surface area contributed by atoms with Crippen LogP contribution in [0.15, 0.2) is 24.3 Å². The highest BCUT2D eigenvalue weighted by Gasteiger charge is 2.28. The van der Waals surface area contributed by atoms with Gasteiger partial charge in [-0.1, -0.05) is 18.6 Å². The van der Waals surface area contributed by atoms with Crippen LogP contribution < -0.4 is 10.2 Å². The van der Waals surface area contributed by atoms with Crippen molar-refractivity contribution in [2.24, 2.45) is 5.92 Å². The van der Waals surface area contributed by atoms with Crippen LogP contribution in [0.1, 0.15) is 37.7 Å². The van der Waals surface area contributed by atoms with Gasteiger partial charge < -0.3 is 9.64 Å². The number of amides is 2. The number of hydrogen-bond acceptors (Lipinski definition) is 4. The molecule has 0 spiro atoms. The number of hydrogen-bond donors (Lipinski definition) is 1. The summed E-state index contributed by atoms with van der Waals surface area (Å²) in [6, 6.07) is 7.60. The van der Waals surface area contributed by atoms with Gasteiger partial charge in [-0.2, -0.15) is 0 Å². The van der Waals surface area contributed by atoms with E-state index in [1.54, 1.807) is 7.11 Å². The molecule has 2 amide bonds. The number of likely N-dealkylation sites (tertiary alicyclic amines) is 1. The van der Waals surface area contributed by atoms with Crippen molar-refractivity contribution in [2.75, 3.05) is 33.3 Å². The standard InChI is InChI=1S/C20H29N3O3/c1-26-18-7-5-16(6-8-18)15-19(24)22-13-9-17(10-14-22)20(25)21-23-11-3-2-4-12-23/h5-8,17H,2-4,9-15H2,1H3,(H,21,25). The zero-order chi connectivity index (χ0) is 18.4. The van der Waals surface area contributed by atoms with Crippen LogP contribution >= 0.6 is 0 Å². The number of rotatable bonds is 5. The summed E-state index contributed by atoms with van der Waals surface area (Å²) in [6.45, 7) is 3.22. The molecule has 0 aromatic heterocycles. The van der Waals surface area contributed by atoms with E-state index < -0.39 is 0 Å². The van der Waals surface area contributed by atoms with E-state index in [1.165, 1.54) is 6.42 Å². The minimum atomic E-state index is 0.0157. The van der Waals surface area contributed by atoms with E-state index in [9.17, 15) is 9.59 Å². The van der Waals surface area contributed by atoms with Crippen LogP contribution in [-0.2, 0) is 16.0 Å². The number of hydrazine groups is 1. The third-order valence-corrected chi connectivity index (χ3v) is 5.36. The Morgan fingerprint density at radius 1 is 1.04 bits per heavy atom. The summed E-state index contributed by atoms with van der Waals surface area (Å²) < 4.78 is 5.14. The average Bonchev–Trinajstić information content (AvgIpc) is 2.69.